The second-order valence-corrected chi connectivity index (χ2v) is 4.98. The van der Waals surface area contributed by atoms with Crippen LogP contribution >= 0.6 is 28.4 Å². The summed E-state index contributed by atoms with van der Waals surface area (Å²) in [6, 6.07) is 6.03. The Bertz CT molecular complexity index is 538. The predicted octanol–water partition coefficient (Wildman–Crippen LogP) is 2.98. The van der Waals surface area contributed by atoms with Crippen molar-refractivity contribution in [1.82, 2.24) is 14.8 Å². The summed E-state index contributed by atoms with van der Waals surface area (Å²) in [5, 5.41) is 8.16. The standard InChI is InChI=1S/C10H9IN3P/c1-2-3-4-8-5-6-10-9(7-8)12-13-14(10)15-11/h5-7,15H,2H2,1H3. The van der Waals surface area contributed by atoms with E-state index in [4.69, 9.17) is 0 Å². The number of fused-ring (bicyclic) bond motifs is 1. The van der Waals surface area contributed by atoms with E-state index in [-0.39, 0.29) is 0 Å². The van der Waals surface area contributed by atoms with Gasteiger partial charge in [-0.15, -0.1) is 5.10 Å². The number of halogens is 1. The molecule has 15 heavy (non-hydrogen) atoms. The van der Waals surface area contributed by atoms with E-state index in [9.17, 15) is 0 Å². The molecule has 0 N–H and O–H groups in total. The fraction of sp³-hybridized carbons (Fsp3) is 0.200. The van der Waals surface area contributed by atoms with Gasteiger partial charge in [0.05, 0.1) is 11.9 Å². The Morgan fingerprint density at radius 1 is 1.53 bits per heavy atom. The first kappa shape index (κ1) is 10.8. The van der Waals surface area contributed by atoms with E-state index in [1.807, 2.05) is 29.6 Å². The van der Waals surface area contributed by atoms with Crippen LogP contribution < -0.4 is 0 Å². The maximum Gasteiger partial charge on any atom is 0.114 e. The van der Waals surface area contributed by atoms with Crippen molar-refractivity contribution in [3.63, 3.8) is 0 Å². The third-order valence-electron chi connectivity index (χ3n) is 1.94. The van der Waals surface area contributed by atoms with Gasteiger partial charge >= 0.3 is 0 Å². The Morgan fingerprint density at radius 3 is 3.13 bits per heavy atom. The lowest BCUT2D eigenvalue weighted by Gasteiger charge is -1.94. The second kappa shape index (κ2) is 4.91. The molecule has 0 aliphatic carbocycles. The van der Waals surface area contributed by atoms with Gasteiger partial charge in [0.15, 0.2) is 0 Å². The molecular weight excluding hydrogens is 320 g/mol. The molecule has 1 unspecified atom stereocenters. The van der Waals surface area contributed by atoms with Crippen LogP contribution in [0.2, 0.25) is 0 Å². The first-order chi connectivity index (χ1) is 7.35. The number of rotatable bonds is 1. The zero-order valence-corrected chi connectivity index (χ0v) is 11.3. The van der Waals surface area contributed by atoms with Crippen LogP contribution in [0.1, 0.15) is 18.9 Å². The van der Waals surface area contributed by atoms with E-state index in [1.165, 1.54) is 0 Å². The van der Waals surface area contributed by atoms with Crippen molar-refractivity contribution in [3.8, 4) is 11.8 Å². The molecule has 0 saturated heterocycles. The molecule has 0 saturated carbocycles. The minimum Gasteiger partial charge on any atom is -0.217 e. The number of nitrogens with zero attached hydrogens (tertiary/aromatic N) is 3. The van der Waals surface area contributed by atoms with Crippen LogP contribution in [0.3, 0.4) is 0 Å². The fourth-order valence-corrected chi connectivity index (χ4v) is 2.68. The molecule has 1 heterocycles. The van der Waals surface area contributed by atoms with Crippen molar-refractivity contribution in [1.29, 1.82) is 0 Å². The van der Waals surface area contributed by atoms with Crippen LogP contribution in [0.15, 0.2) is 18.2 Å². The maximum absolute atomic E-state index is 4.11. The highest BCUT2D eigenvalue weighted by Crippen LogP contribution is 2.27. The summed E-state index contributed by atoms with van der Waals surface area (Å²) < 4.78 is 1.90. The van der Waals surface area contributed by atoms with Crippen LogP contribution in [-0.2, 0) is 0 Å². The van der Waals surface area contributed by atoms with Gasteiger partial charge in [-0.1, -0.05) is 24.0 Å². The topological polar surface area (TPSA) is 30.7 Å². The van der Waals surface area contributed by atoms with Gasteiger partial charge in [0, 0.05) is 12.0 Å². The summed E-state index contributed by atoms with van der Waals surface area (Å²) in [6.45, 7) is 2.04. The number of hydrogen-bond donors (Lipinski definition) is 0. The van der Waals surface area contributed by atoms with E-state index in [1.54, 1.807) is 0 Å². The zero-order chi connectivity index (χ0) is 10.7. The second-order valence-electron chi connectivity index (χ2n) is 2.94. The summed E-state index contributed by atoms with van der Waals surface area (Å²) in [4.78, 5) is 0. The fourth-order valence-electron chi connectivity index (χ4n) is 1.25. The summed E-state index contributed by atoms with van der Waals surface area (Å²) >= 11 is 2.29. The third-order valence-corrected chi connectivity index (χ3v) is 3.80. The van der Waals surface area contributed by atoms with E-state index in [0.717, 1.165) is 23.0 Å². The maximum atomic E-state index is 4.11. The van der Waals surface area contributed by atoms with Crippen molar-refractivity contribution < 1.29 is 0 Å². The SMILES string of the molecule is CCC#Cc1ccc2c(c1)nnn2PI. The number of aromatic nitrogens is 3. The predicted molar refractivity (Wildman–Crippen MR) is 72.4 cm³/mol. The smallest absolute Gasteiger partial charge is 0.114 e. The van der Waals surface area contributed by atoms with Crippen LogP contribution in [-0.4, -0.2) is 14.8 Å². The van der Waals surface area contributed by atoms with Crippen molar-refractivity contribution in [3.05, 3.63) is 23.8 Å². The summed E-state index contributed by atoms with van der Waals surface area (Å²) in [5.74, 6) is 6.13. The molecule has 0 amide bonds. The molecular formula is C10H9IN3P. The Balaban J connectivity index is 2.48. The zero-order valence-electron chi connectivity index (χ0n) is 8.16. The lowest BCUT2D eigenvalue weighted by Crippen LogP contribution is -1.82. The summed E-state index contributed by atoms with van der Waals surface area (Å²) in [5.41, 5.74) is 3.00. The quantitative estimate of drug-likeness (QED) is 0.458. The van der Waals surface area contributed by atoms with Gasteiger partial charge in [0.2, 0.25) is 0 Å². The molecule has 0 radical (unpaired) electrons. The van der Waals surface area contributed by atoms with Gasteiger partial charge in [-0.2, -0.15) is 0 Å². The monoisotopic (exact) mass is 329 g/mol. The molecule has 0 bridgehead atoms. The molecule has 5 heteroatoms. The van der Waals surface area contributed by atoms with Gasteiger partial charge in [-0.05, 0) is 40.2 Å². The van der Waals surface area contributed by atoms with Crippen molar-refractivity contribution >= 4 is 39.4 Å². The Hall–Kier alpha value is -0.660. The minimum atomic E-state index is 0.583. The van der Waals surface area contributed by atoms with E-state index >= 15 is 0 Å². The lowest BCUT2D eigenvalue weighted by atomic mass is 10.2. The molecule has 0 aliphatic rings. The normalized spacial score (nSPS) is 10.8. The van der Waals surface area contributed by atoms with Gasteiger partial charge in [0.1, 0.15) is 5.52 Å². The third kappa shape index (κ3) is 2.30. The van der Waals surface area contributed by atoms with Gasteiger partial charge in [0.25, 0.3) is 0 Å². The largest absolute Gasteiger partial charge is 0.217 e. The Labute approximate surface area is 103 Å². The van der Waals surface area contributed by atoms with Crippen molar-refractivity contribution in [2.45, 2.75) is 13.3 Å². The average Bonchev–Trinajstić information content (AvgIpc) is 2.68. The van der Waals surface area contributed by atoms with Crippen LogP contribution in [0.4, 0.5) is 0 Å². The van der Waals surface area contributed by atoms with E-state index in [2.05, 4.69) is 44.2 Å². The molecule has 0 fully saturated rings. The summed E-state index contributed by atoms with van der Waals surface area (Å²) in [7, 11) is 0. The molecule has 2 rings (SSSR count). The van der Waals surface area contributed by atoms with Crippen molar-refractivity contribution in [2.24, 2.45) is 0 Å². The molecule has 0 aliphatic heterocycles. The summed E-state index contributed by atoms with van der Waals surface area (Å²) in [6.07, 6.45) is 1.46. The molecule has 0 spiro atoms. The van der Waals surface area contributed by atoms with Crippen LogP contribution in [0.5, 0.6) is 0 Å². The minimum absolute atomic E-state index is 0.583. The van der Waals surface area contributed by atoms with E-state index < -0.39 is 0 Å². The molecule has 76 valence electrons. The first-order valence-corrected chi connectivity index (χ1v) is 8.62. The molecule has 3 nitrogen and oxygen atoms in total. The highest BCUT2D eigenvalue weighted by molar-refractivity contribution is 14.2. The molecule has 1 aromatic heterocycles. The highest BCUT2D eigenvalue weighted by Gasteiger charge is 2.02. The first-order valence-electron chi connectivity index (χ1n) is 4.56. The van der Waals surface area contributed by atoms with E-state index in [0.29, 0.717) is 6.37 Å². The van der Waals surface area contributed by atoms with Gasteiger partial charge in [-0.3, -0.25) is 0 Å². The average molecular weight is 329 g/mol. The number of benzene rings is 1. The Morgan fingerprint density at radius 2 is 2.40 bits per heavy atom. The van der Waals surface area contributed by atoms with Gasteiger partial charge < -0.3 is 0 Å². The van der Waals surface area contributed by atoms with Crippen LogP contribution in [0.25, 0.3) is 11.0 Å². The number of hydrogen-bond acceptors (Lipinski definition) is 2. The molecule has 2 aromatic rings. The Kier molecular flexibility index (Phi) is 3.55. The van der Waals surface area contributed by atoms with Crippen molar-refractivity contribution in [2.75, 3.05) is 0 Å². The van der Waals surface area contributed by atoms with Crippen LogP contribution in [0, 0.1) is 11.8 Å². The van der Waals surface area contributed by atoms with Gasteiger partial charge in [-0.25, -0.2) is 4.45 Å². The highest BCUT2D eigenvalue weighted by atomic mass is 127. The molecule has 1 atom stereocenters. The lowest BCUT2D eigenvalue weighted by molar-refractivity contribution is 0.910. The molecule has 1 aromatic carbocycles.